The predicted octanol–water partition coefficient (Wildman–Crippen LogP) is 4.68. The lowest BCUT2D eigenvalue weighted by Gasteiger charge is -2.22. The van der Waals surface area contributed by atoms with Gasteiger partial charge in [-0.25, -0.2) is 4.39 Å². The van der Waals surface area contributed by atoms with Gasteiger partial charge in [-0.1, -0.05) is 35.9 Å². The molecule has 3 aromatic rings. The van der Waals surface area contributed by atoms with Gasteiger partial charge < -0.3 is 14.1 Å². The molecule has 26 heavy (non-hydrogen) atoms. The molecule has 134 valence electrons. The fourth-order valence-corrected chi connectivity index (χ4v) is 2.66. The van der Waals surface area contributed by atoms with Crippen molar-refractivity contribution in [1.29, 1.82) is 0 Å². The number of hydrogen-bond donors (Lipinski definition) is 0. The van der Waals surface area contributed by atoms with Gasteiger partial charge in [0.2, 0.25) is 0 Å². The average Bonchev–Trinajstić information content (AvgIpc) is 3.13. The van der Waals surface area contributed by atoms with Crippen molar-refractivity contribution >= 4 is 17.5 Å². The summed E-state index contributed by atoms with van der Waals surface area (Å²) in [7, 11) is 0. The number of nitrogens with zero attached hydrogens (tertiary/aromatic N) is 1. The van der Waals surface area contributed by atoms with E-state index < -0.39 is 0 Å². The maximum Gasteiger partial charge on any atom is 0.261 e. The molecule has 4 nitrogen and oxygen atoms in total. The molecule has 6 heteroatoms. The highest BCUT2D eigenvalue weighted by Gasteiger charge is 2.17. The second-order valence-electron chi connectivity index (χ2n) is 5.68. The van der Waals surface area contributed by atoms with Crippen molar-refractivity contribution in [2.24, 2.45) is 0 Å². The van der Waals surface area contributed by atoms with Gasteiger partial charge in [0.25, 0.3) is 5.91 Å². The van der Waals surface area contributed by atoms with Crippen molar-refractivity contribution in [1.82, 2.24) is 4.90 Å². The zero-order valence-electron chi connectivity index (χ0n) is 13.9. The maximum atomic E-state index is 13.4. The average molecular weight is 374 g/mol. The molecule has 0 unspecified atom stereocenters. The minimum Gasteiger partial charge on any atom is -0.482 e. The molecule has 1 heterocycles. The van der Waals surface area contributed by atoms with Gasteiger partial charge in [-0.15, -0.1) is 0 Å². The van der Waals surface area contributed by atoms with E-state index in [0.29, 0.717) is 22.1 Å². The van der Waals surface area contributed by atoms with Crippen LogP contribution in [0.2, 0.25) is 5.02 Å². The van der Waals surface area contributed by atoms with Crippen molar-refractivity contribution in [3.8, 4) is 5.75 Å². The van der Waals surface area contributed by atoms with E-state index in [0.717, 1.165) is 0 Å². The van der Waals surface area contributed by atoms with E-state index in [4.69, 9.17) is 20.8 Å². The quantitative estimate of drug-likeness (QED) is 0.604. The lowest BCUT2D eigenvalue weighted by molar-refractivity contribution is -0.134. The number of hydrogen-bond acceptors (Lipinski definition) is 3. The lowest BCUT2D eigenvalue weighted by atomic mass is 10.2. The summed E-state index contributed by atoms with van der Waals surface area (Å²) in [5.41, 5.74) is 0.683. The van der Waals surface area contributed by atoms with Gasteiger partial charge in [-0.2, -0.15) is 0 Å². The lowest BCUT2D eigenvalue weighted by Crippen LogP contribution is -2.34. The summed E-state index contributed by atoms with van der Waals surface area (Å²) in [6, 6.07) is 16.6. The Morgan fingerprint density at radius 2 is 1.92 bits per heavy atom. The van der Waals surface area contributed by atoms with E-state index in [9.17, 15) is 9.18 Å². The molecule has 0 saturated heterocycles. The van der Waals surface area contributed by atoms with E-state index in [1.807, 2.05) is 0 Å². The minimum atomic E-state index is -0.347. The molecule has 0 fully saturated rings. The normalized spacial score (nSPS) is 10.5. The number of amides is 1. The predicted molar refractivity (Wildman–Crippen MR) is 96.3 cm³/mol. The standard InChI is InChI=1S/C20H17ClFNO3/c21-18-8-1-2-9-19(18)26-14-20(24)23(13-17-7-4-10-25-17)12-15-5-3-6-16(22)11-15/h1-11H,12-14H2. The third-order valence-electron chi connectivity index (χ3n) is 3.73. The first kappa shape index (κ1) is 18.0. The Hall–Kier alpha value is -2.79. The highest BCUT2D eigenvalue weighted by Crippen LogP contribution is 2.23. The molecule has 0 atom stereocenters. The van der Waals surface area contributed by atoms with Crippen molar-refractivity contribution in [3.05, 3.63) is 89.1 Å². The Balaban J connectivity index is 1.71. The molecule has 1 amide bonds. The number of carbonyl (C=O) groups is 1. The summed E-state index contributed by atoms with van der Waals surface area (Å²) in [5, 5.41) is 0.433. The molecule has 1 aromatic heterocycles. The summed E-state index contributed by atoms with van der Waals surface area (Å²) >= 11 is 6.04. The molecule has 3 rings (SSSR count). The van der Waals surface area contributed by atoms with Crippen LogP contribution in [-0.2, 0) is 17.9 Å². The van der Waals surface area contributed by atoms with Crippen LogP contribution in [0.15, 0.2) is 71.3 Å². The number of halogens is 2. The van der Waals surface area contributed by atoms with Crippen LogP contribution in [0.25, 0.3) is 0 Å². The van der Waals surface area contributed by atoms with E-state index >= 15 is 0 Å². The monoisotopic (exact) mass is 373 g/mol. The number of rotatable bonds is 7. The van der Waals surface area contributed by atoms with Crippen LogP contribution in [0.1, 0.15) is 11.3 Å². The molecule has 0 spiro atoms. The molecule has 0 N–H and O–H groups in total. The van der Waals surface area contributed by atoms with E-state index in [2.05, 4.69) is 0 Å². The smallest absolute Gasteiger partial charge is 0.261 e. The summed E-state index contributed by atoms with van der Waals surface area (Å²) in [6.45, 7) is 0.317. The zero-order chi connectivity index (χ0) is 18.4. The van der Waals surface area contributed by atoms with Gasteiger partial charge in [-0.3, -0.25) is 4.79 Å². The molecule has 0 aliphatic rings. The Labute approximate surface area is 155 Å². The molecule has 0 aliphatic carbocycles. The van der Waals surface area contributed by atoms with Crippen LogP contribution in [-0.4, -0.2) is 17.4 Å². The highest BCUT2D eigenvalue weighted by molar-refractivity contribution is 6.32. The van der Waals surface area contributed by atoms with Crippen molar-refractivity contribution < 1.29 is 18.3 Å². The number of ether oxygens (including phenoxy) is 1. The number of furan rings is 1. The summed E-state index contributed by atoms with van der Waals surface area (Å²) in [5.74, 6) is 0.463. The van der Waals surface area contributed by atoms with Crippen LogP contribution < -0.4 is 4.74 Å². The molecule has 2 aromatic carbocycles. The fraction of sp³-hybridized carbons (Fsp3) is 0.150. The molecular weight excluding hydrogens is 357 g/mol. The maximum absolute atomic E-state index is 13.4. The summed E-state index contributed by atoms with van der Waals surface area (Å²) in [6.07, 6.45) is 1.54. The van der Waals surface area contributed by atoms with Crippen LogP contribution in [0.4, 0.5) is 4.39 Å². The van der Waals surface area contributed by atoms with Gasteiger partial charge in [0.15, 0.2) is 6.61 Å². The van der Waals surface area contributed by atoms with Gasteiger partial charge in [0.1, 0.15) is 17.3 Å². The van der Waals surface area contributed by atoms with Crippen LogP contribution in [0.3, 0.4) is 0 Å². The Bertz CT molecular complexity index is 867. The number of para-hydroxylation sites is 1. The Morgan fingerprint density at radius 1 is 1.08 bits per heavy atom. The van der Waals surface area contributed by atoms with Gasteiger partial charge in [0, 0.05) is 6.54 Å². The third kappa shape index (κ3) is 4.86. The topological polar surface area (TPSA) is 42.7 Å². The van der Waals surface area contributed by atoms with Crippen LogP contribution in [0, 0.1) is 5.82 Å². The minimum absolute atomic E-state index is 0.181. The van der Waals surface area contributed by atoms with Crippen LogP contribution in [0.5, 0.6) is 5.75 Å². The molecule has 0 aliphatic heterocycles. The second-order valence-corrected chi connectivity index (χ2v) is 6.09. The Morgan fingerprint density at radius 3 is 2.65 bits per heavy atom. The van der Waals surface area contributed by atoms with Crippen LogP contribution >= 0.6 is 11.6 Å². The molecular formula is C20H17ClFNO3. The molecule has 0 saturated carbocycles. The first-order valence-electron chi connectivity index (χ1n) is 8.04. The zero-order valence-corrected chi connectivity index (χ0v) is 14.7. The summed E-state index contributed by atoms with van der Waals surface area (Å²) in [4.78, 5) is 14.2. The first-order valence-corrected chi connectivity index (χ1v) is 8.41. The highest BCUT2D eigenvalue weighted by atomic mass is 35.5. The van der Waals surface area contributed by atoms with Crippen molar-refractivity contribution in [2.45, 2.75) is 13.1 Å². The number of benzene rings is 2. The first-order chi connectivity index (χ1) is 12.6. The van der Waals surface area contributed by atoms with Gasteiger partial charge in [-0.05, 0) is 42.0 Å². The van der Waals surface area contributed by atoms with Crippen molar-refractivity contribution in [3.63, 3.8) is 0 Å². The Kier molecular flexibility index (Phi) is 5.92. The van der Waals surface area contributed by atoms with Crippen molar-refractivity contribution in [2.75, 3.05) is 6.61 Å². The number of carbonyl (C=O) groups excluding carboxylic acids is 1. The van der Waals surface area contributed by atoms with E-state index in [-0.39, 0.29) is 31.4 Å². The van der Waals surface area contributed by atoms with E-state index in [1.165, 1.54) is 12.1 Å². The molecule has 0 radical (unpaired) electrons. The fourth-order valence-electron chi connectivity index (χ4n) is 2.47. The van der Waals surface area contributed by atoms with Gasteiger partial charge in [0.05, 0.1) is 17.8 Å². The summed E-state index contributed by atoms with van der Waals surface area (Å²) < 4.78 is 24.3. The third-order valence-corrected chi connectivity index (χ3v) is 4.04. The largest absolute Gasteiger partial charge is 0.482 e. The SMILES string of the molecule is O=C(COc1ccccc1Cl)N(Cc1cccc(F)c1)Cc1ccco1. The van der Waals surface area contributed by atoms with E-state index in [1.54, 1.807) is 59.7 Å². The van der Waals surface area contributed by atoms with Gasteiger partial charge >= 0.3 is 0 Å². The second kappa shape index (κ2) is 8.54. The molecule has 0 bridgehead atoms.